The van der Waals surface area contributed by atoms with Crippen molar-refractivity contribution in [3.05, 3.63) is 85.1 Å². The average molecular weight is 849 g/mol. The standard InChI is InChI=1S/C55H92O6/c1-4-7-10-13-16-19-22-24-25-26-27-28-29-31-33-36-39-42-45-48-54(57)60-51-52(50-59-53(56)47-44-41-38-35-32-21-18-15-12-9-6-3)61-55(58)49-46-43-40-37-34-30-23-20-17-14-11-8-5-2/h7,10,15-16,18-20,23-25,27-28,31,33,52H,4-6,8-9,11-14,17,21-22,26,29-30,32,34-51H2,1-3H3/b10-7-,18-15-,19-16-,23-20-,25-24-,28-27-,33-31-. The van der Waals surface area contributed by atoms with Gasteiger partial charge in [-0.25, -0.2) is 0 Å². The van der Waals surface area contributed by atoms with Gasteiger partial charge in [0, 0.05) is 19.3 Å². The molecule has 1 atom stereocenters. The van der Waals surface area contributed by atoms with Crippen molar-refractivity contribution in [2.24, 2.45) is 0 Å². The zero-order valence-corrected chi connectivity index (χ0v) is 39.7. The molecule has 0 fully saturated rings. The Balaban J connectivity index is 4.44. The Morgan fingerprint density at radius 1 is 0.344 bits per heavy atom. The van der Waals surface area contributed by atoms with Crippen molar-refractivity contribution in [3.8, 4) is 0 Å². The van der Waals surface area contributed by atoms with Crippen LogP contribution in [0, 0.1) is 0 Å². The van der Waals surface area contributed by atoms with Gasteiger partial charge in [0.15, 0.2) is 6.10 Å². The molecule has 0 spiro atoms. The molecule has 0 aromatic rings. The lowest BCUT2D eigenvalue weighted by Crippen LogP contribution is -2.30. The molecule has 0 aromatic carbocycles. The van der Waals surface area contributed by atoms with Gasteiger partial charge in [0.1, 0.15) is 13.2 Å². The van der Waals surface area contributed by atoms with Crippen molar-refractivity contribution < 1.29 is 28.6 Å². The molecule has 0 rings (SSSR count). The minimum absolute atomic E-state index is 0.0956. The molecule has 0 saturated carbocycles. The molecule has 0 amide bonds. The second-order valence-corrected chi connectivity index (χ2v) is 16.3. The zero-order valence-electron chi connectivity index (χ0n) is 39.7. The van der Waals surface area contributed by atoms with Gasteiger partial charge in [-0.2, -0.15) is 0 Å². The number of unbranched alkanes of at least 4 members (excludes halogenated alkanes) is 19. The Morgan fingerprint density at radius 2 is 0.656 bits per heavy atom. The maximum absolute atomic E-state index is 12.8. The van der Waals surface area contributed by atoms with Gasteiger partial charge in [0.25, 0.3) is 0 Å². The lowest BCUT2D eigenvalue weighted by molar-refractivity contribution is -0.167. The summed E-state index contributed by atoms with van der Waals surface area (Å²) in [6.07, 6.45) is 62.8. The number of rotatable bonds is 44. The predicted octanol–water partition coefficient (Wildman–Crippen LogP) is 16.4. The van der Waals surface area contributed by atoms with Gasteiger partial charge in [0.05, 0.1) is 0 Å². The first-order chi connectivity index (χ1) is 30.0. The summed E-state index contributed by atoms with van der Waals surface area (Å²) in [6.45, 7) is 6.41. The van der Waals surface area contributed by atoms with Crippen LogP contribution in [-0.4, -0.2) is 37.2 Å². The highest BCUT2D eigenvalue weighted by atomic mass is 16.6. The van der Waals surface area contributed by atoms with Gasteiger partial charge in [-0.1, -0.05) is 183 Å². The van der Waals surface area contributed by atoms with E-state index in [1.54, 1.807) is 0 Å². The summed E-state index contributed by atoms with van der Waals surface area (Å²) in [5.74, 6) is -0.950. The van der Waals surface area contributed by atoms with Crippen LogP contribution in [0.2, 0.25) is 0 Å². The SMILES string of the molecule is CC/C=C\C/C=C\C/C=C\C/C=C\C/C=C\CCCCCC(=O)OCC(COC(=O)CCCCCCC/C=C\CCCC)OC(=O)CCCCCCC/C=C\CCCCCC. The number of allylic oxidation sites excluding steroid dienone is 14. The number of esters is 3. The van der Waals surface area contributed by atoms with Crippen LogP contribution in [0.5, 0.6) is 0 Å². The third-order valence-corrected chi connectivity index (χ3v) is 10.4. The van der Waals surface area contributed by atoms with Crippen molar-refractivity contribution in [1.29, 1.82) is 0 Å². The molecule has 6 heteroatoms. The van der Waals surface area contributed by atoms with E-state index in [2.05, 4.69) is 106 Å². The molecule has 61 heavy (non-hydrogen) atoms. The smallest absolute Gasteiger partial charge is 0.306 e. The molecule has 0 aliphatic carbocycles. The highest BCUT2D eigenvalue weighted by Gasteiger charge is 2.19. The third-order valence-electron chi connectivity index (χ3n) is 10.4. The maximum Gasteiger partial charge on any atom is 0.306 e. The fourth-order valence-electron chi connectivity index (χ4n) is 6.56. The molecule has 6 nitrogen and oxygen atoms in total. The fraction of sp³-hybridized carbons (Fsp3) is 0.691. The van der Waals surface area contributed by atoms with E-state index in [0.717, 1.165) is 122 Å². The summed E-state index contributed by atoms with van der Waals surface area (Å²) >= 11 is 0. The molecule has 0 aliphatic rings. The fourth-order valence-corrected chi connectivity index (χ4v) is 6.56. The molecule has 1 unspecified atom stereocenters. The molecule has 0 aliphatic heterocycles. The van der Waals surface area contributed by atoms with Crippen molar-refractivity contribution >= 4 is 17.9 Å². The van der Waals surface area contributed by atoms with Gasteiger partial charge in [-0.15, -0.1) is 0 Å². The van der Waals surface area contributed by atoms with E-state index in [1.165, 1.54) is 64.2 Å². The summed E-state index contributed by atoms with van der Waals surface area (Å²) in [6, 6.07) is 0. The molecule has 0 N–H and O–H groups in total. The van der Waals surface area contributed by atoms with Crippen LogP contribution in [0.3, 0.4) is 0 Å². The van der Waals surface area contributed by atoms with Gasteiger partial charge in [0.2, 0.25) is 0 Å². The Bertz CT molecular complexity index is 1200. The van der Waals surface area contributed by atoms with E-state index in [-0.39, 0.29) is 31.1 Å². The van der Waals surface area contributed by atoms with E-state index in [9.17, 15) is 14.4 Å². The van der Waals surface area contributed by atoms with E-state index < -0.39 is 6.10 Å². The summed E-state index contributed by atoms with van der Waals surface area (Å²) < 4.78 is 16.7. The number of hydrogen-bond donors (Lipinski definition) is 0. The van der Waals surface area contributed by atoms with E-state index in [1.807, 2.05) is 0 Å². The second-order valence-electron chi connectivity index (χ2n) is 16.3. The normalized spacial score (nSPS) is 12.8. The van der Waals surface area contributed by atoms with Gasteiger partial charge in [-0.3, -0.25) is 14.4 Å². The minimum Gasteiger partial charge on any atom is -0.462 e. The predicted molar refractivity (Wildman–Crippen MR) is 261 cm³/mol. The minimum atomic E-state index is -0.796. The van der Waals surface area contributed by atoms with Crippen LogP contribution < -0.4 is 0 Å². The van der Waals surface area contributed by atoms with Crippen LogP contribution >= 0.6 is 0 Å². The Morgan fingerprint density at radius 3 is 1.08 bits per heavy atom. The van der Waals surface area contributed by atoms with Crippen molar-refractivity contribution in [2.45, 2.75) is 232 Å². The molecular weight excluding hydrogens is 757 g/mol. The average Bonchev–Trinajstić information content (AvgIpc) is 3.26. The van der Waals surface area contributed by atoms with Crippen molar-refractivity contribution in [3.63, 3.8) is 0 Å². The summed E-state index contributed by atoms with van der Waals surface area (Å²) in [4.78, 5) is 37.9. The van der Waals surface area contributed by atoms with Gasteiger partial charge >= 0.3 is 17.9 Å². The van der Waals surface area contributed by atoms with E-state index in [0.29, 0.717) is 19.3 Å². The molecule has 0 heterocycles. The largest absolute Gasteiger partial charge is 0.462 e. The first kappa shape index (κ1) is 57.6. The molecule has 0 saturated heterocycles. The van der Waals surface area contributed by atoms with E-state index in [4.69, 9.17) is 14.2 Å². The first-order valence-electron chi connectivity index (χ1n) is 25.1. The monoisotopic (exact) mass is 849 g/mol. The summed E-state index contributed by atoms with van der Waals surface area (Å²) in [5, 5.41) is 0. The van der Waals surface area contributed by atoms with Crippen LogP contribution in [-0.2, 0) is 28.6 Å². The lowest BCUT2D eigenvalue weighted by atomic mass is 10.1. The molecule has 0 bridgehead atoms. The number of carbonyl (C=O) groups excluding carboxylic acids is 3. The van der Waals surface area contributed by atoms with Crippen molar-refractivity contribution in [1.82, 2.24) is 0 Å². The number of hydrogen-bond acceptors (Lipinski definition) is 6. The van der Waals surface area contributed by atoms with Crippen LogP contribution in [0.4, 0.5) is 0 Å². The molecule has 0 aromatic heterocycles. The number of ether oxygens (including phenoxy) is 3. The van der Waals surface area contributed by atoms with E-state index >= 15 is 0 Å². The van der Waals surface area contributed by atoms with Gasteiger partial charge in [-0.05, 0) is 109 Å². The summed E-state index contributed by atoms with van der Waals surface area (Å²) in [5.41, 5.74) is 0. The highest BCUT2D eigenvalue weighted by molar-refractivity contribution is 5.71. The first-order valence-corrected chi connectivity index (χ1v) is 25.1. The van der Waals surface area contributed by atoms with Crippen molar-refractivity contribution in [2.75, 3.05) is 13.2 Å². The topological polar surface area (TPSA) is 78.9 Å². The second kappa shape index (κ2) is 49.2. The highest BCUT2D eigenvalue weighted by Crippen LogP contribution is 2.13. The molecule has 0 radical (unpaired) electrons. The van der Waals surface area contributed by atoms with Crippen LogP contribution in [0.15, 0.2) is 85.1 Å². The van der Waals surface area contributed by atoms with Crippen LogP contribution in [0.25, 0.3) is 0 Å². The Hall–Kier alpha value is -3.41. The molecular formula is C55H92O6. The molecule has 348 valence electrons. The Kier molecular flexibility index (Phi) is 46.5. The summed E-state index contributed by atoms with van der Waals surface area (Å²) in [7, 11) is 0. The van der Waals surface area contributed by atoms with Gasteiger partial charge < -0.3 is 14.2 Å². The maximum atomic E-state index is 12.8. The zero-order chi connectivity index (χ0) is 44.4. The lowest BCUT2D eigenvalue weighted by Gasteiger charge is -2.18. The quantitative estimate of drug-likeness (QED) is 0.0263. The van der Waals surface area contributed by atoms with Crippen LogP contribution in [0.1, 0.15) is 226 Å². The number of carbonyl (C=O) groups is 3. The third kappa shape index (κ3) is 47.5. The Labute approximate surface area is 375 Å².